The van der Waals surface area contributed by atoms with Crippen molar-refractivity contribution in [1.29, 1.82) is 0 Å². The summed E-state index contributed by atoms with van der Waals surface area (Å²) >= 11 is 0. The third kappa shape index (κ3) is 4.17. The number of fused-ring (bicyclic) bond motifs is 2. The second kappa shape index (κ2) is 8.75. The molecular formula is C29H28N6O. The lowest BCUT2D eigenvalue weighted by molar-refractivity contribution is 0.0950. The van der Waals surface area contributed by atoms with Crippen LogP contribution in [0.1, 0.15) is 62.8 Å². The molecule has 6 rings (SSSR count). The van der Waals surface area contributed by atoms with Crippen molar-refractivity contribution in [2.24, 2.45) is 0 Å². The number of nitrogens with one attached hydrogen (secondary N) is 1. The number of hydrogen-bond acceptors (Lipinski definition) is 5. The molecule has 0 bridgehead atoms. The predicted molar refractivity (Wildman–Crippen MR) is 141 cm³/mol. The normalized spacial score (nSPS) is 13.4. The van der Waals surface area contributed by atoms with E-state index in [0.29, 0.717) is 30.3 Å². The van der Waals surface area contributed by atoms with E-state index in [0.717, 1.165) is 44.5 Å². The molecule has 4 heterocycles. The number of carbonyl (C=O) groups is 1. The average molecular weight is 477 g/mol. The molecule has 3 N–H and O–H groups in total. The van der Waals surface area contributed by atoms with Gasteiger partial charge in [0.1, 0.15) is 11.5 Å². The zero-order valence-electron chi connectivity index (χ0n) is 20.5. The second-order valence-corrected chi connectivity index (χ2v) is 9.72. The number of pyridine rings is 3. The van der Waals surface area contributed by atoms with Crippen molar-refractivity contribution in [2.45, 2.75) is 45.6 Å². The van der Waals surface area contributed by atoms with Gasteiger partial charge in [0.25, 0.3) is 5.91 Å². The van der Waals surface area contributed by atoms with E-state index in [4.69, 9.17) is 10.7 Å². The number of nitrogens with zero attached hydrogens (tertiary/aromatic N) is 4. The molecule has 1 aliphatic rings. The Morgan fingerprint density at radius 1 is 1.03 bits per heavy atom. The van der Waals surface area contributed by atoms with E-state index in [9.17, 15) is 4.79 Å². The molecule has 1 aromatic carbocycles. The highest BCUT2D eigenvalue weighted by Gasteiger charge is 2.23. The predicted octanol–water partition coefficient (Wildman–Crippen LogP) is 4.87. The number of amides is 1. The number of hydrogen-bond donors (Lipinski definition) is 2. The first kappa shape index (κ1) is 22.2. The molecule has 0 atom stereocenters. The lowest BCUT2D eigenvalue weighted by atomic mass is 9.96. The molecule has 0 unspecified atom stereocenters. The number of carbonyl (C=O) groups excluding carboxylic acids is 1. The third-order valence-corrected chi connectivity index (χ3v) is 7.15. The summed E-state index contributed by atoms with van der Waals surface area (Å²) in [7, 11) is 0. The molecule has 7 nitrogen and oxygen atoms in total. The minimum atomic E-state index is -0.129. The maximum Gasteiger partial charge on any atom is 0.251 e. The molecule has 1 amide bonds. The van der Waals surface area contributed by atoms with Crippen molar-refractivity contribution in [3.8, 4) is 0 Å². The van der Waals surface area contributed by atoms with Crippen LogP contribution in [-0.2, 0) is 13.0 Å². The summed E-state index contributed by atoms with van der Waals surface area (Å²) < 4.78 is 2.09. The fourth-order valence-electron chi connectivity index (χ4n) is 4.98. The Bertz CT molecular complexity index is 1630. The van der Waals surface area contributed by atoms with Crippen molar-refractivity contribution < 1.29 is 4.79 Å². The number of aryl methyl sites for hydroxylation is 2. The summed E-state index contributed by atoms with van der Waals surface area (Å²) in [5.41, 5.74) is 14.0. The zero-order chi connectivity index (χ0) is 24.8. The molecule has 5 aromatic rings. The number of rotatable bonds is 6. The largest absolute Gasteiger partial charge is 0.383 e. The Morgan fingerprint density at radius 3 is 2.69 bits per heavy atom. The molecule has 180 valence electrons. The van der Waals surface area contributed by atoms with Crippen LogP contribution < -0.4 is 11.1 Å². The lowest BCUT2D eigenvalue weighted by Crippen LogP contribution is -2.24. The van der Waals surface area contributed by atoms with Gasteiger partial charge in [-0.3, -0.25) is 9.78 Å². The first-order valence-corrected chi connectivity index (χ1v) is 12.3. The van der Waals surface area contributed by atoms with Crippen molar-refractivity contribution in [2.75, 3.05) is 5.73 Å². The highest BCUT2D eigenvalue weighted by molar-refractivity contribution is 5.96. The van der Waals surface area contributed by atoms with E-state index in [-0.39, 0.29) is 5.91 Å². The first-order chi connectivity index (χ1) is 17.5. The van der Waals surface area contributed by atoms with Gasteiger partial charge >= 0.3 is 0 Å². The summed E-state index contributed by atoms with van der Waals surface area (Å²) in [6.07, 6.45) is 10.8. The van der Waals surface area contributed by atoms with Crippen LogP contribution in [0.2, 0.25) is 0 Å². The maximum absolute atomic E-state index is 13.0. The van der Waals surface area contributed by atoms with Crippen molar-refractivity contribution in [3.63, 3.8) is 0 Å². The monoisotopic (exact) mass is 476 g/mol. The molecular weight excluding hydrogens is 448 g/mol. The summed E-state index contributed by atoms with van der Waals surface area (Å²) in [6, 6.07) is 11.9. The van der Waals surface area contributed by atoms with Gasteiger partial charge in [-0.1, -0.05) is 6.07 Å². The number of anilines is 1. The van der Waals surface area contributed by atoms with Gasteiger partial charge in [-0.15, -0.1) is 0 Å². The Labute approximate surface area is 209 Å². The van der Waals surface area contributed by atoms with E-state index in [1.165, 1.54) is 18.4 Å². The van der Waals surface area contributed by atoms with Crippen LogP contribution in [0.4, 0.5) is 5.82 Å². The third-order valence-electron chi connectivity index (χ3n) is 7.15. The number of nitrogen functional groups attached to an aromatic ring is 1. The molecule has 0 radical (unpaired) electrons. The van der Waals surface area contributed by atoms with E-state index in [1.807, 2.05) is 25.1 Å². The Balaban J connectivity index is 1.18. The summed E-state index contributed by atoms with van der Waals surface area (Å²) in [6.45, 7) is 4.53. The fourth-order valence-corrected chi connectivity index (χ4v) is 4.98. The molecule has 0 saturated heterocycles. The molecule has 0 spiro atoms. The van der Waals surface area contributed by atoms with Crippen LogP contribution in [0.5, 0.6) is 0 Å². The molecule has 1 saturated carbocycles. The van der Waals surface area contributed by atoms with Gasteiger partial charge in [0, 0.05) is 54.4 Å². The maximum atomic E-state index is 13.0. The topological polar surface area (TPSA) is 98.2 Å². The van der Waals surface area contributed by atoms with Crippen LogP contribution >= 0.6 is 0 Å². The van der Waals surface area contributed by atoms with Gasteiger partial charge in [-0.2, -0.15) is 0 Å². The molecule has 1 fully saturated rings. The van der Waals surface area contributed by atoms with E-state index >= 15 is 0 Å². The quantitative estimate of drug-likeness (QED) is 0.364. The summed E-state index contributed by atoms with van der Waals surface area (Å²) in [5.74, 6) is 1.10. The Hall–Kier alpha value is -4.26. The van der Waals surface area contributed by atoms with Gasteiger partial charge in [0.05, 0.1) is 5.69 Å². The lowest BCUT2D eigenvalue weighted by Gasteiger charge is -2.15. The van der Waals surface area contributed by atoms with Crippen LogP contribution in [0.15, 0.2) is 61.2 Å². The van der Waals surface area contributed by atoms with E-state index in [1.54, 1.807) is 18.5 Å². The number of benzene rings is 1. The fraction of sp³-hybridized carbons (Fsp3) is 0.241. The number of aromatic nitrogens is 4. The summed E-state index contributed by atoms with van der Waals surface area (Å²) in [5, 5.41) is 5.08. The highest BCUT2D eigenvalue weighted by Crippen LogP contribution is 2.39. The average Bonchev–Trinajstić information content (AvgIpc) is 3.64. The first-order valence-electron chi connectivity index (χ1n) is 12.3. The van der Waals surface area contributed by atoms with Crippen LogP contribution in [0.25, 0.3) is 16.4 Å². The molecule has 0 aliphatic heterocycles. The standard InChI is InChI=1S/C29H28N6O/c1-17-11-25-24(8-10-32-28(25)30)18(2)26(17)14-33-29(36)20-7-9-31-22(12-20)13-23-16-35-15-21(19-3-4-19)5-6-27(35)34-23/h5-12,15-16,19H,3-4,13-14H2,1-2H3,(H2,30,32)(H,33,36). The zero-order valence-corrected chi connectivity index (χ0v) is 20.5. The smallest absolute Gasteiger partial charge is 0.251 e. The van der Waals surface area contributed by atoms with Gasteiger partial charge in [0.2, 0.25) is 0 Å². The molecule has 1 aliphatic carbocycles. The number of nitrogens with two attached hydrogens (primary N) is 1. The number of imidazole rings is 1. The van der Waals surface area contributed by atoms with E-state index < -0.39 is 0 Å². The van der Waals surface area contributed by atoms with Gasteiger partial charge < -0.3 is 15.5 Å². The van der Waals surface area contributed by atoms with Gasteiger partial charge in [-0.05, 0) is 90.6 Å². The summed E-state index contributed by atoms with van der Waals surface area (Å²) in [4.78, 5) is 26.4. The van der Waals surface area contributed by atoms with Crippen molar-refractivity contribution in [1.82, 2.24) is 24.7 Å². The highest BCUT2D eigenvalue weighted by atomic mass is 16.1. The minimum absolute atomic E-state index is 0.129. The van der Waals surface area contributed by atoms with Gasteiger partial charge in [-0.25, -0.2) is 9.97 Å². The van der Waals surface area contributed by atoms with E-state index in [2.05, 4.69) is 51.1 Å². The van der Waals surface area contributed by atoms with Crippen LogP contribution in [-0.4, -0.2) is 25.3 Å². The van der Waals surface area contributed by atoms with Crippen molar-refractivity contribution >= 4 is 28.1 Å². The minimum Gasteiger partial charge on any atom is -0.383 e. The van der Waals surface area contributed by atoms with Crippen molar-refractivity contribution in [3.05, 3.63) is 100 Å². The molecule has 7 heteroatoms. The molecule has 36 heavy (non-hydrogen) atoms. The second-order valence-electron chi connectivity index (χ2n) is 9.72. The SMILES string of the molecule is Cc1cc2c(N)nccc2c(C)c1CNC(=O)c1ccnc(Cc2cn3cc(C4CC4)ccc3n2)c1. The Kier molecular flexibility index (Phi) is 5.40. The Morgan fingerprint density at radius 2 is 1.86 bits per heavy atom. The van der Waals surface area contributed by atoms with Crippen LogP contribution in [0.3, 0.4) is 0 Å². The van der Waals surface area contributed by atoms with Crippen LogP contribution in [0, 0.1) is 13.8 Å². The molecule has 4 aromatic heterocycles. The van der Waals surface area contributed by atoms with Gasteiger partial charge in [0.15, 0.2) is 0 Å².